The van der Waals surface area contributed by atoms with Crippen molar-refractivity contribution in [3.63, 3.8) is 0 Å². The van der Waals surface area contributed by atoms with Gasteiger partial charge in [-0.3, -0.25) is 4.79 Å². The highest BCUT2D eigenvalue weighted by atomic mass is 16.2. The molecule has 2 rings (SSSR count). The van der Waals surface area contributed by atoms with E-state index >= 15 is 0 Å². The molecule has 92 valence electrons. The zero-order valence-electron chi connectivity index (χ0n) is 10.1. The maximum Gasteiger partial charge on any atom is 0.219 e. The minimum Gasteiger partial charge on any atom is -0.396 e. The standard InChI is InChI=1S/C12H18N4O/c1-10(17)15-6-3-7-16(9-8-15)12-11(13)4-2-5-14-12/h2,4-5H,3,6-9,13H2,1H3. The van der Waals surface area contributed by atoms with Crippen molar-refractivity contribution in [3.8, 4) is 0 Å². The van der Waals surface area contributed by atoms with Crippen molar-refractivity contribution in [2.24, 2.45) is 0 Å². The van der Waals surface area contributed by atoms with Gasteiger partial charge in [-0.15, -0.1) is 0 Å². The second kappa shape index (κ2) is 5.03. The number of amides is 1. The first-order chi connectivity index (χ1) is 8.18. The number of hydrogen-bond donors (Lipinski definition) is 1. The molecule has 0 bridgehead atoms. The summed E-state index contributed by atoms with van der Waals surface area (Å²) in [6.45, 7) is 4.86. The lowest BCUT2D eigenvalue weighted by Gasteiger charge is -2.23. The van der Waals surface area contributed by atoms with Gasteiger partial charge < -0.3 is 15.5 Å². The van der Waals surface area contributed by atoms with E-state index in [-0.39, 0.29) is 5.91 Å². The first kappa shape index (κ1) is 11.7. The van der Waals surface area contributed by atoms with E-state index in [2.05, 4.69) is 9.88 Å². The Kier molecular flexibility index (Phi) is 3.46. The average molecular weight is 234 g/mol. The molecule has 0 aromatic carbocycles. The van der Waals surface area contributed by atoms with Crippen molar-refractivity contribution in [1.82, 2.24) is 9.88 Å². The van der Waals surface area contributed by atoms with Gasteiger partial charge in [0.15, 0.2) is 5.82 Å². The summed E-state index contributed by atoms with van der Waals surface area (Å²) in [6.07, 6.45) is 2.70. The molecule has 1 aliphatic rings. The highest BCUT2D eigenvalue weighted by molar-refractivity contribution is 5.73. The average Bonchev–Trinajstić information content (AvgIpc) is 2.55. The molecule has 1 fully saturated rings. The largest absolute Gasteiger partial charge is 0.396 e. The normalized spacial score (nSPS) is 16.8. The smallest absolute Gasteiger partial charge is 0.219 e. The van der Waals surface area contributed by atoms with Crippen LogP contribution in [0.4, 0.5) is 11.5 Å². The van der Waals surface area contributed by atoms with Crippen LogP contribution in [0.5, 0.6) is 0 Å². The summed E-state index contributed by atoms with van der Waals surface area (Å²) >= 11 is 0. The van der Waals surface area contributed by atoms with E-state index in [0.29, 0.717) is 5.69 Å². The molecule has 1 saturated heterocycles. The van der Waals surface area contributed by atoms with Crippen molar-refractivity contribution in [2.75, 3.05) is 36.8 Å². The Bertz CT molecular complexity index is 407. The number of nitrogen functional groups attached to an aromatic ring is 1. The molecule has 0 spiro atoms. The van der Waals surface area contributed by atoms with Crippen LogP contribution in [0.2, 0.25) is 0 Å². The van der Waals surface area contributed by atoms with E-state index in [4.69, 9.17) is 5.73 Å². The second-order valence-electron chi connectivity index (χ2n) is 4.26. The Morgan fingerprint density at radius 2 is 2.18 bits per heavy atom. The minimum absolute atomic E-state index is 0.140. The molecule has 17 heavy (non-hydrogen) atoms. The summed E-state index contributed by atoms with van der Waals surface area (Å²) in [5, 5.41) is 0. The van der Waals surface area contributed by atoms with Gasteiger partial charge in [0.1, 0.15) is 0 Å². The third-order valence-electron chi connectivity index (χ3n) is 3.06. The second-order valence-corrected chi connectivity index (χ2v) is 4.26. The number of pyridine rings is 1. The minimum atomic E-state index is 0.140. The summed E-state index contributed by atoms with van der Waals surface area (Å²) in [6, 6.07) is 3.69. The number of carbonyl (C=O) groups is 1. The van der Waals surface area contributed by atoms with Crippen molar-refractivity contribution < 1.29 is 4.79 Å². The van der Waals surface area contributed by atoms with Crippen LogP contribution in [-0.4, -0.2) is 42.0 Å². The quantitative estimate of drug-likeness (QED) is 0.778. The van der Waals surface area contributed by atoms with Crippen LogP contribution in [0, 0.1) is 0 Å². The number of nitrogens with zero attached hydrogens (tertiary/aromatic N) is 3. The van der Waals surface area contributed by atoms with Gasteiger partial charge in [0.05, 0.1) is 5.69 Å². The highest BCUT2D eigenvalue weighted by Gasteiger charge is 2.18. The third kappa shape index (κ3) is 2.67. The van der Waals surface area contributed by atoms with Crippen LogP contribution in [0.1, 0.15) is 13.3 Å². The number of aromatic nitrogens is 1. The van der Waals surface area contributed by atoms with Gasteiger partial charge in [0, 0.05) is 39.3 Å². The van der Waals surface area contributed by atoms with Crippen molar-refractivity contribution >= 4 is 17.4 Å². The maximum atomic E-state index is 11.3. The molecule has 1 amide bonds. The number of rotatable bonds is 1. The fraction of sp³-hybridized carbons (Fsp3) is 0.500. The molecule has 0 atom stereocenters. The Labute approximate surface area is 101 Å². The van der Waals surface area contributed by atoms with Gasteiger partial charge in [-0.25, -0.2) is 4.98 Å². The molecular weight excluding hydrogens is 216 g/mol. The maximum absolute atomic E-state index is 11.3. The lowest BCUT2D eigenvalue weighted by atomic mass is 10.3. The van der Waals surface area contributed by atoms with Crippen molar-refractivity contribution in [1.29, 1.82) is 0 Å². The van der Waals surface area contributed by atoms with Gasteiger partial charge in [0.2, 0.25) is 5.91 Å². The molecule has 0 radical (unpaired) electrons. The zero-order valence-corrected chi connectivity index (χ0v) is 10.1. The van der Waals surface area contributed by atoms with Gasteiger partial charge in [0.25, 0.3) is 0 Å². The van der Waals surface area contributed by atoms with Crippen LogP contribution >= 0.6 is 0 Å². The fourth-order valence-corrected chi connectivity index (χ4v) is 2.12. The lowest BCUT2D eigenvalue weighted by Crippen LogP contribution is -2.34. The van der Waals surface area contributed by atoms with Crippen LogP contribution in [0.15, 0.2) is 18.3 Å². The van der Waals surface area contributed by atoms with E-state index in [0.717, 1.165) is 38.4 Å². The van der Waals surface area contributed by atoms with E-state index in [9.17, 15) is 4.79 Å². The van der Waals surface area contributed by atoms with E-state index in [1.165, 1.54) is 0 Å². The fourth-order valence-electron chi connectivity index (χ4n) is 2.12. The molecular formula is C12H18N4O. The van der Waals surface area contributed by atoms with E-state index in [1.807, 2.05) is 17.0 Å². The Hall–Kier alpha value is -1.78. The van der Waals surface area contributed by atoms with Crippen LogP contribution < -0.4 is 10.6 Å². The Morgan fingerprint density at radius 1 is 1.35 bits per heavy atom. The van der Waals surface area contributed by atoms with E-state index in [1.54, 1.807) is 13.1 Å². The Morgan fingerprint density at radius 3 is 2.88 bits per heavy atom. The van der Waals surface area contributed by atoms with Crippen molar-refractivity contribution in [2.45, 2.75) is 13.3 Å². The lowest BCUT2D eigenvalue weighted by molar-refractivity contribution is -0.128. The first-order valence-corrected chi connectivity index (χ1v) is 5.89. The number of hydrogen-bond acceptors (Lipinski definition) is 4. The molecule has 0 unspecified atom stereocenters. The predicted octanol–water partition coefficient (Wildman–Crippen LogP) is 0.722. The number of nitrogens with two attached hydrogens (primary N) is 1. The topological polar surface area (TPSA) is 62.5 Å². The summed E-state index contributed by atoms with van der Waals surface area (Å²) in [7, 11) is 0. The Balaban J connectivity index is 2.09. The molecule has 2 N–H and O–H groups in total. The molecule has 1 aromatic heterocycles. The SMILES string of the molecule is CC(=O)N1CCCN(c2ncccc2N)CC1. The monoisotopic (exact) mass is 234 g/mol. The summed E-state index contributed by atoms with van der Waals surface area (Å²) < 4.78 is 0. The number of carbonyl (C=O) groups excluding carboxylic acids is 1. The molecule has 0 saturated carbocycles. The summed E-state index contributed by atoms with van der Waals surface area (Å²) in [5.41, 5.74) is 6.61. The van der Waals surface area contributed by atoms with Crippen LogP contribution in [-0.2, 0) is 4.79 Å². The van der Waals surface area contributed by atoms with Gasteiger partial charge >= 0.3 is 0 Å². The van der Waals surface area contributed by atoms with Gasteiger partial charge in [-0.1, -0.05) is 0 Å². The molecule has 1 aliphatic heterocycles. The summed E-state index contributed by atoms with van der Waals surface area (Å²) in [4.78, 5) is 19.7. The molecule has 5 heteroatoms. The van der Waals surface area contributed by atoms with E-state index < -0.39 is 0 Å². The molecule has 5 nitrogen and oxygen atoms in total. The van der Waals surface area contributed by atoms with Gasteiger partial charge in [-0.05, 0) is 18.6 Å². The zero-order chi connectivity index (χ0) is 12.3. The van der Waals surface area contributed by atoms with Gasteiger partial charge in [-0.2, -0.15) is 0 Å². The number of anilines is 2. The predicted molar refractivity (Wildman–Crippen MR) is 67.7 cm³/mol. The summed E-state index contributed by atoms with van der Waals surface area (Å²) in [5.74, 6) is 0.971. The molecule has 2 heterocycles. The molecule has 1 aromatic rings. The highest BCUT2D eigenvalue weighted by Crippen LogP contribution is 2.20. The molecule has 0 aliphatic carbocycles. The van der Waals surface area contributed by atoms with Crippen LogP contribution in [0.3, 0.4) is 0 Å². The van der Waals surface area contributed by atoms with Crippen LogP contribution in [0.25, 0.3) is 0 Å². The third-order valence-corrected chi connectivity index (χ3v) is 3.06. The first-order valence-electron chi connectivity index (χ1n) is 5.89. The van der Waals surface area contributed by atoms with Crippen molar-refractivity contribution in [3.05, 3.63) is 18.3 Å².